The van der Waals surface area contributed by atoms with Crippen molar-refractivity contribution in [1.82, 2.24) is 24.7 Å². The molecule has 3 aromatic heterocycles. The number of anilines is 1. The SMILES string of the molecule is Cc1nn(-c2ccccc2F)c2ncnc(NCc3cccnc3)c12. The zero-order valence-corrected chi connectivity index (χ0v) is 13.5. The predicted octanol–water partition coefficient (Wildman–Crippen LogP) is 3.27. The van der Waals surface area contributed by atoms with E-state index in [0.717, 1.165) is 16.6 Å². The van der Waals surface area contributed by atoms with Crippen LogP contribution in [-0.4, -0.2) is 24.7 Å². The van der Waals surface area contributed by atoms with Crippen LogP contribution in [0.25, 0.3) is 16.7 Å². The van der Waals surface area contributed by atoms with Crippen molar-refractivity contribution in [1.29, 1.82) is 0 Å². The molecule has 0 bridgehead atoms. The van der Waals surface area contributed by atoms with Gasteiger partial charge in [0.25, 0.3) is 0 Å². The van der Waals surface area contributed by atoms with E-state index in [1.54, 1.807) is 30.6 Å². The van der Waals surface area contributed by atoms with Gasteiger partial charge in [0.1, 0.15) is 23.6 Å². The molecule has 4 aromatic rings. The number of pyridine rings is 1. The molecule has 0 saturated carbocycles. The largest absolute Gasteiger partial charge is 0.365 e. The first-order valence-electron chi connectivity index (χ1n) is 7.82. The predicted molar refractivity (Wildman–Crippen MR) is 92.9 cm³/mol. The van der Waals surface area contributed by atoms with Gasteiger partial charge in [-0.05, 0) is 30.7 Å². The Morgan fingerprint density at radius 3 is 2.80 bits per heavy atom. The number of nitrogens with one attached hydrogen (secondary N) is 1. The van der Waals surface area contributed by atoms with Crippen LogP contribution in [0, 0.1) is 12.7 Å². The molecule has 0 unspecified atom stereocenters. The third-order valence-corrected chi connectivity index (χ3v) is 3.90. The third-order valence-electron chi connectivity index (χ3n) is 3.90. The van der Waals surface area contributed by atoms with Gasteiger partial charge in [-0.3, -0.25) is 4.98 Å². The van der Waals surface area contributed by atoms with Crippen LogP contribution in [0.5, 0.6) is 0 Å². The number of hydrogen-bond donors (Lipinski definition) is 1. The van der Waals surface area contributed by atoms with Gasteiger partial charge in [0.05, 0.1) is 11.1 Å². The second-order valence-electron chi connectivity index (χ2n) is 5.58. The highest BCUT2D eigenvalue weighted by atomic mass is 19.1. The Morgan fingerprint density at radius 2 is 2.00 bits per heavy atom. The number of rotatable bonds is 4. The van der Waals surface area contributed by atoms with Crippen molar-refractivity contribution in [3.05, 3.63) is 72.2 Å². The van der Waals surface area contributed by atoms with Crippen molar-refractivity contribution in [2.45, 2.75) is 13.5 Å². The summed E-state index contributed by atoms with van der Waals surface area (Å²) in [6.45, 7) is 2.43. The second kappa shape index (κ2) is 6.27. The van der Waals surface area contributed by atoms with Crippen molar-refractivity contribution in [2.24, 2.45) is 0 Å². The lowest BCUT2D eigenvalue weighted by atomic mass is 10.2. The molecule has 7 heteroatoms. The molecule has 1 N–H and O–H groups in total. The first-order chi connectivity index (χ1) is 12.2. The minimum Gasteiger partial charge on any atom is -0.365 e. The fourth-order valence-corrected chi connectivity index (χ4v) is 2.73. The third kappa shape index (κ3) is 2.80. The maximum absolute atomic E-state index is 14.2. The zero-order chi connectivity index (χ0) is 17.2. The average molecular weight is 334 g/mol. The first kappa shape index (κ1) is 15.2. The molecule has 0 atom stereocenters. The summed E-state index contributed by atoms with van der Waals surface area (Å²) in [5.74, 6) is 0.310. The molecule has 0 aliphatic rings. The molecule has 6 nitrogen and oxygen atoms in total. The fraction of sp³-hybridized carbons (Fsp3) is 0.111. The summed E-state index contributed by atoms with van der Waals surface area (Å²) in [4.78, 5) is 12.7. The lowest BCUT2D eigenvalue weighted by Crippen LogP contribution is -2.04. The monoisotopic (exact) mass is 334 g/mol. The van der Waals surface area contributed by atoms with E-state index >= 15 is 0 Å². The zero-order valence-electron chi connectivity index (χ0n) is 13.5. The molecule has 1 aromatic carbocycles. The molecule has 4 rings (SSSR count). The van der Waals surface area contributed by atoms with Gasteiger partial charge in [-0.15, -0.1) is 0 Å². The summed E-state index contributed by atoms with van der Waals surface area (Å²) in [7, 11) is 0. The highest BCUT2D eigenvalue weighted by Gasteiger charge is 2.16. The number of benzene rings is 1. The van der Waals surface area contributed by atoms with Gasteiger partial charge in [0.15, 0.2) is 5.65 Å². The van der Waals surface area contributed by atoms with Gasteiger partial charge in [-0.2, -0.15) is 5.10 Å². The highest BCUT2D eigenvalue weighted by molar-refractivity contribution is 5.90. The number of halogens is 1. The molecule has 124 valence electrons. The maximum atomic E-state index is 14.2. The number of para-hydroxylation sites is 1. The number of fused-ring (bicyclic) bond motifs is 1. The standard InChI is InChI=1S/C18H15FN6/c1-12-16-17(21-10-13-5-4-8-20-9-13)22-11-23-18(16)25(24-12)15-7-3-2-6-14(15)19/h2-9,11H,10H2,1H3,(H,21,22,23). The minimum absolute atomic E-state index is 0.351. The molecule has 0 radical (unpaired) electrons. The Kier molecular flexibility index (Phi) is 3.81. The normalized spacial score (nSPS) is 11.0. The van der Waals surface area contributed by atoms with Crippen LogP contribution in [-0.2, 0) is 6.54 Å². The van der Waals surface area contributed by atoms with Gasteiger partial charge < -0.3 is 5.32 Å². The van der Waals surface area contributed by atoms with E-state index in [9.17, 15) is 4.39 Å². The van der Waals surface area contributed by atoms with Gasteiger partial charge in [-0.1, -0.05) is 18.2 Å². The lowest BCUT2D eigenvalue weighted by molar-refractivity contribution is 0.612. The number of aryl methyl sites for hydroxylation is 1. The smallest absolute Gasteiger partial charge is 0.168 e. The van der Waals surface area contributed by atoms with E-state index in [0.29, 0.717) is 23.7 Å². The second-order valence-corrected chi connectivity index (χ2v) is 5.58. The van der Waals surface area contributed by atoms with Crippen molar-refractivity contribution in [3.63, 3.8) is 0 Å². The van der Waals surface area contributed by atoms with Crippen molar-refractivity contribution in [3.8, 4) is 5.69 Å². The van der Waals surface area contributed by atoms with E-state index in [2.05, 4.69) is 25.4 Å². The van der Waals surface area contributed by atoms with E-state index < -0.39 is 0 Å². The van der Waals surface area contributed by atoms with Crippen LogP contribution in [0.4, 0.5) is 10.2 Å². The minimum atomic E-state index is -0.351. The number of nitrogens with zero attached hydrogens (tertiary/aromatic N) is 5. The van der Waals surface area contributed by atoms with Crippen LogP contribution in [0.3, 0.4) is 0 Å². The van der Waals surface area contributed by atoms with Crippen LogP contribution >= 0.6 is 0 Å². The number of aromatic nitrogens is 5. The Bertz CT molecular complexity index is 1030. The molecule has 0 saturated heterocycles. The summed E-state index contributed by atoms with van der Waals surface area (Å²) in [6.07, 6.45) is 4.97. The Labute approximate surface area is 143 Å². The molecule has 0 spiro atoms. The van der Waals surface area contributed by atoms with Crippen molar-refractivity contribution < 1.29 is 4.39 Å². The summed E-state index contributed by atoms with van der Waals surface area (Å²) < 4.78 is 15.7. The van der Waals surface area contributed by atoms with E-state index in [1.807, 2.05) is 19.1 Å². The quantitative estimate of drug-likeness (QED) is 0.620. The summed E-state index contributed by atoms with van der Waals surface area (Å²) in [6, 6.07) is 10.4. The van der Waals surface area contributed by atoms with Gasteiger partial charge in [0.2, 0.25) is 0 Å². The van der Waals surface area contributed by atoms with Crippen LogP contribution < -0.4 is 5.32 Å². The summed E-state index contributed by atoms with van der Waals surface area (Å²) in [5.41, 5.74) is 2.68. The van der Waals surface area contributed by atoms with Gasteiger partial charge in [0, 0.05) is 18.9 Å². The van der Waals surface area contributed by atoms with E-state index in [4.69, 9.17) is 0 Å². The Morgan fingerprint density at radius 1 is 1.12 bits per heavy atom. The average Bonchev–Trinajstić information content (AvgIpc) is 2.99. The Hall–Kier alpha value is -3.35. The van der Waals surface area contributed by atoms with E-state index in [-0.39, 0.29) is 5.82 Å². The van der Waals surface area contributed by atoms with Crippen LogP contribution in [0.2, 0.25) is 0 Å². The van der Waals surface area contributed by atoms with Crippen LogP contribution in [0.1, 0.15) is 11.3 Å². The van der Waals surface area contributed by atoms with Gasteiger partial charge >= 0.3 is 0 Å². The fourth-order valence-electron chi connectivity index (χ4n) is 2.73. The van der Waals surface area contributed by atoms with E-state index in [1.165, 1.54) is 17.1 Å². The molecule has 0 aliphatic carbocycles. The molecule has 3 heterocycles. The highest BCUT2D eigenvalue weighted by Crippen LogP contribution is 2.26. The summed E-state index contributed by atoms with van der Waals surface area (Å²) in [5, 5.41) is 8.52. The molecular formula is C18H15FN6. The molecule has 0 aliphatic heterocycles. The maximum Gasteiger partial charge on any atom is 0.168 e. The summed E-state index contributed by atoms with van der Waals surface area (Å²) >= 11 is 0. The van der Waals surface area contributed by atoms with Crippen LogP contribution in [0.15, 0.2) is 55.1 Å². The number of hydrogen-bond acceptors (Lipinski definition) is 5. The molecule has 0 fully saturated rings. The first-order valence-corrected chi connectivity index (χ1v) is 7.82. The molecule has 0 amide bonds. The Balaban J connectivity index is 1.76. The van der Waals surface area contributed by atoms with Gasteiger partial charge in [-0.25, -0.2) is 19.0 Å². The van der Waals surface area contributed by atoms with Crippen molar-refractivity contribution in [2.75, 3.05) is 5.32 Å². The van der Waals surface area contributed by atoms with Crippen molar-refractivity contribution >= 4 is 16.9 Å². The molecular weight excluding hydrogens is 319 g/mol. The topological polar surface area (TPSA) is 68.5 Å². The molecule has 25 heavy (non-hydrogen) atoms. The lowest BCUT2D eigenvalue weighted by Gasteiger charge is -2.07.